The van der Waals surface area contributed by atoms with Gasteiger partial charge in [-0.15, -0.1) is 0 Å². The van der Waals surface area contributed by atoms with Gasteiger partial charge in [-0.2, -0.15) is 18.3 Å². The van der Waals surface area contributed by atoms with Crippen LogP contribution in [-0.2, 0) is 13.5 Å². The molecule has 1 aromatic rings. The Morgan fingerprint density at radius 3 is 2.67 bits per heavy atom. The molecule has 1 aromatic heterocycles. The Labute approximate surface area is 105 Å². The molecule has 0 aliphatic rings. The molecule has 6 heteroatoms. The first-order valence-electron chi connectivity index (χ1n) is 6.19. The zero-order valence-corrected chi connectivity index (χ0v) is 10.8. The normalized spacial score (nSPS) is 13.8. The summed E-state index contributed by atoms with van der Waals surface area (Å²) in [5, 5.41) is 7.35. The van der Waals surface area contributed by atoms with Crippen LogP contribution in [0.1, 0.15) is 31.9 Å². The lowest BCUT2D eigenvalue weighted by molar-refractivity contribution is -0.136. The summed E-state index contributed by atoms with van der Waals surface area (Å²) < 4.78 is 38.4. The molecule has 0 aliphatic heterocycles. The van der Waals surface area contributed by atoms with Gasteiger partial charge >= 0.3 is 6.18 Å². The molecule has 1 atom stereocenters. The number of nitrogens with one attached hydrogen (secondary N) is 1. The van der Waals surface area contributed by atoms with Crippen molar-refractivity contribution in [1.29, 1.82) is 0 Å². The van der Waals surface area contributed by atoms with Gasteiger partial charge in [-0.3, -0.25) is 4.68 Å². The highest BCUT2D eigenvalue weighted by Gasteiger charge is 2.28. The minimum Gasteiger partial charge on any atom is -0.314 e. The van der Waals surface area contributed by atoms with Gasteiger partial charge in [0.05, 0.1) is 5.69 Å². The van der Waals surface area contributed by atoms with E-state index >= 15 is 0 Å². The molecule has 0 aliphatic carbocycles. The van der Waals surface area contributed by atoms with E-state index in [1.165, 1.54) is 0 Å². The summed E-state index contributed by atoms with van der Waals surface area (Å²) in [7, 11) is 1.80. The lowest BCUT2D eigenvalue weighted by Crippen LogP contribution is -2.33. The number of aromatic nitrogens is 2. The molecule has 104 valence electrons. The van der Waals surface area contributed by atoms with Crippen molar-refractivity contribution in [1.82, 2.24) is 15.1 Å². The van der Waals surface area contributed by atoms with Gasteiger partial charge in [0.1, 0.15) is 0 Å². The molecule has 1 rings (SSSR count). The van der Waals surface area contributed by atoms with Crippen LogP contribution in [0.3, 0.4) is 0 Å². The average molecular weight is 263 g/mol. The average Bonchev–Trinajstić information content (AvgIpc) is 2.67. The van der Waals surface area contributed by atoms with Crippen molar-refractivity contribution in [2.24, 2.45) is 7.05 Å². The fourth-order valence-corrected chi connectivity index (χ4v) is 1.79. The fraction of sp³-hybridized carbons (Fsp3) is 0.750. The van der Waals surface area contributed by atoms with E-state index in [2.05, 4.69) is 10.4 Å². The molecular weight excluding hydrogens is 243 g/mol. The summed E-state index contributed by atoms with van der Waals surface area (Å²) in [6, 6.07) is 1.68. The number of hydrogen-bond acceptors (Lipinski definition) is 2. The Morgan fingerprint density at radius 1 is 1.44 bits per heavy atom. The molecule has 0 bridgehead atoms. The number of halogens is 3. The summed E-state index contributed by atoms with van der Waals surface area (Å²) in [4.78, 5) is 0. The van der Waals surface area contributed by atoms with Gasteiger partial charge in [-0.25, -0.2) is 0 Å². The van der Waals surface area contributed by atoms with E-state index in [0.717, 1.165) is 18.7 Å². The molecule has 1 heterocycles. The first-order valence-corrected chi connectivity index (χ1v) is 6.19. The molecule has 0 aromatic carbocycles. The highest BCUT2D eigenvalue weighted by Crippen LogP contribution is 2.23. The number of nitrogens with zero attached hydrogens (tertiary/aromatic N) is 2. The summed E-state index contributed by atoms with van der Waals surface area (Å²) in [5.74, 6) is 0. The smallest absolute Gasteiger partial charge is 0.314 e. The van der Waals surface area contributed by atoms with E-state index in [9.17, 15) is 13.2 Å². The lowest BCUT2D eigenvalue weighted by atomic mass is 10.1. The van der Waals surface area contributed by atoms with Crippen LogP contribution in [0.2, 0.25) is 0 Å². The number of rotatable bonds is 7. The van der Waals surface area contributed by atoms with Gasteiger partial charge < -0.3 is 5.32 Å². The lowest BCUT2D eigenvalue weighted by Gasteiger charge is -2.18. The van der Waals surface area contributed by atoms with Gasteiger partial charge in [0.2, 0.25) is 0 Å². The van der Waals surface area contributed by atoms with Crippen LogP contribution in [0.4, 0.5) is 13.2 Å². The fourth-order valence-electron chi connectivity index (χ4n) is 1.79. The van der Waals surface area contributed by atoms with Crippen molar-refractivity contribution >= 4 is 0 Å². The summed E-state index contributed by atoms with van der Waals surface area (Å²) in [5.41, 5.74) is 0.827. The van der Waals surface area contributed by atoms with Crippen LogP contribution < -0.4 is 5.32 Å². The first-order chi connectivity index (χ1) is 8.40. The van der Waals surface area contributed by atoms with E-state index < -0.39 is 12.6 Å². The van der Waals surface area contributed by atoms with Crippen molar-refractivity contribution < 1.29 is 13.2 Å². The highest BCUT2D eigenvalue weighted by molar-refractivity contribution is 5.01. The van der Waals surface area contributed by atoms with Gasteiger partial charge in [-0.1, -0.05) is 6.92 Å². The highest BCUT2D eigenvalue weighted by atomic mass is 19.4. The van der Waals surface area contributed by atoms with E-state index in [-0.39, 0.29) is 12.5 Å². The Kier molecular flexibility index (Phi) is 5.65. The van der Waals surface area contributed by atoms with E-state index in [1.807, 2.05) is 13.0 Å². The quantitative estimate of drug-likeness (QED) is 0.819. The van der Waals surface area contributed by atoms with Crippen LogP contribution >= 0.6 is 0 Å². The third-order valence-electron chi connectivity index (χ3n) is 2.68. The van der Waals surface area contributed by atoms with Crippen LogP contribution in [-0.4, -0.2) is 28.5 Å². The van der Waals surface area contributed by atoms with Gasteiger partial charge in [0.25, 0.3) is 0 Å². The van der Waals surface area contributed by atoms with Gasteiger partial charge in [-0.05, 0) is 25.5 Å². The second-order valence-corrected chi connectivity index (χ2v) is 4.49. The Balaban J connectivity index is 2.49. The molecule has 0 saturated carbocycles. The number of aryl methyl sites for hydroxylation is 1. The van der Waals surface area contributed by atoms with E-state index in [0.29, 0.717) is 6.42 Å². The molecule has 0 amide bonds. The molecular formula is C12H20F3N3. The Bertz CT molecular complexity index is 347. The zero-order valence-electron chi connectivity index (χ0n) is 10.8. The molecule has 1 N–H and O–H groups in total. The van der Waals surface area contributed by atoms with Crippen LogP contribution in [0.15, 0.2) is 12.3 Å². The van der Waals surface area contributed by atoms with Crippen molar-refractivity contribution in [2.75, 3.05) is 6.54 Å². The topological polar surface area (TPSA) is 29.9 Å². The Morgan fingerprint density at radius 2 is 2.17 bits per heavy atom. The summed E-state index contributed by atoms with van der Waals surface area (Å²) in [6.45, 7) is 2.73. The van der Waals surface area contributed by atoms with Crippen LogP contribution in [0, 0.1) is 0 Å². The van der Waals surface area contributed by atoms with Crippen molar-refractivity contribution in [2.45, 2.75) is 44.8 Å². The monoisotopic (exact) mass is 263 g/mol. The van der Waals surface area contributed by atoms with Crippen LogP contribution in [0.5, 0.6) is 0 Å². The minimum absolute atomic E-state index is 0.0973. The SMILES string of the molecule is CCCNC(CCC(F)(F)F)Cc1ccn(C)n1. The molecule has 18 heavy (non-hydrogen) atoms. The molecule has 0 fully saturated rings. The molecule has 1 unspecified atom stereocenters. The molecule has 0 saturated heterocycles. The standard InChI is InChI=1S/C12H20F3N3/c1-3-7-16-10(4-6-12(13,14)15)9-11-5-8-18(2)17-11/h5,8,10,16H,3-4,6-7,9H2,1-2H3. The molecule has 3 nitrogen and oxygen atoms in total. The second-order valence-electron chi connectivity index (χ2n) is 4.49. The number of hydrogen-bond donors (Lipinski definition) is 1. The summed E-state index contributed by atoms with van der Waals surface area (Å²) >= 11 is 0. The first kappa shape index (κ1) is 15.0. The third-order valence-corrected chi connectivity index (χ3v) is 2.68. The van der Waals surface area contributed by atoms with E-state index in [4.69, 9.17) is 0 Å². The maximum absolute atomic E-state index is 12.2. The minimum atomic E-state index is -4.09. The van der Waals surface area contributed by atoms with Crippen molar-refractivity contribution in [3.05, 3.63) is 18.0 Å². The van der Waals surface area contributed by atoms with Gasteiger partial charge in [0.15, 0.2) is 0 Å². The van der Waals surface area contributed by atoms with Crippen molar-refractivity contribution in [3.8, 4) is 0 Å². The number of alkyl halides is 3. The van der Waals surface area contributed by atoms with Gasteiger partial charge in [0, 0.05) is 32.1 Å². The second kappa shape index (κ2) is 6.78. The predicted octanol–water partition coefficient (Wildman–Crippen LogP) is 2.67. The van der Waals surface area contributed by atoms with Crippen LogP contribution in [0.25, 0.3) is 0 Å². The van der Waals surface area contributed by atoms with E-state index in [1.54, 1.807) is 17.9 Å². The molecule has 0 radical (unpaired) electrons. The third kappa shape index (κ3) is 6.05. The molecule has 0 spiro atoms. The maximum Gasteiger partial charge on any atom is 0.389 e. The zero-order chi connectivity index (χ0) is 13.6. The largest absolute Gasteiger partial charge is 0.389 e. The summed E-state index contributed by atoms with van der Waals surface area (Å²) in [6.07, 6.45) is -1.49. The Hall–Kier alpha value is -1.04. The maximum atomic E-state index is 12.2. The van der Waals surface area contributed by atoms with Crippen molar-refractivity contribution in [3.63, 3.8) is 0 Å². The predicted molar refractivity (Wildman–Crippen MR) is 64.3 cm³/mol.